The summed E-state index contributed by atoms with van der Waals surface area (Å²) in [5.74, 6) is 0.400. The molecule has 1 aromatic rings. The van der Waals surface area contributed by atoms with E-state index < -0.39 is 16.1 Å². The van der Waals surface area contributed by atoms with Crippen molar-refractivity contribution in [2.75, 3.05) is 53.0 Å². The molecule has 0 radical (unpaired) electrons. The number of piperazine rings is 1. The van der Waals surface area contributed by atoms with E-state index in [0.29, 0.717) is 47.8 Å². The number of carbonyl (C=O) groups is 2. The third-order valence-corrected chi connectivity index (χ3v) is 8.51. The smallest absolute Gasteiger partial charge is 0.407 e. The SMILES string of the molecule is COc1cc(C)c(S(=O)(=O)N2CCCCC2COCC(=O)N2CCN(C(=O)O)CC2)c(C)c1. The quantitative estimate of drug-likeness (QED) is 0.627. The van der Waals surface area contributed by atoms with E-state index in [1.807, 2.05) is 0 Å². The second kappa shape index (κ2) is 10.7. The number of amides is 2. The van der Waals surface area contributed by atoms with Gasteiger partial charge in [-0.1, -0.05) is 6.42 Å². The maximum absolute atomic E-state index is 13.6. The first-order chi connectivity index (χ1) is 15.6. The molecule has 2 fully saturated rings. The van der Waals surface area contributed by atoms with E-state index in [4.69, 9.17) is 14.6 Å². The lowest BCUT2D eigenvalue weighted by Gasteiger charge is -2.36. The lowest BCUT2D eigenvalue weighted by molar-refractivity contribution is -0.138. The minimum Gasteiger partial charge on any atom is -0.497 e. The Kier molecular flexibility index (Phi) is 8.19. The highest BCUT2D eigenvalue weighted by Crippen LogP contribution is 2.31. The summed E-state index contributed by atoms with van der Waals surface area (Å²) in [5, 5.41) is 9.02. The fraction of sp³-hybridized carbons (Fsp3) is 0.636. The van der Waals surface area contributed by atoms with Crippen LogP contribution in [0.25, 0.3) is 0 Å². The van der Waals surface area contributed by atoms with Crippen LogP contribution in [-0.2, 0) is 19.6 Å². The Labute approximate surface area is 195 Å². The van der Waals surface area contributed by atoms with Crippen LogP contribution in [0.5, 0.6) is 5.75 Å². The molecule has 0 saturated carbocycles. The minimum absolute atomic E-state index is 0.133. The first-order valence-corrected chi connectivity index (χ1v) is 12.6. The zero-order valence-corrected chi connectivity index (χ0v) is 20.3. The van der Waals surface area contributed by atoms with Crippen LogP contribution < -0.4 is 4.74 Å². The molecule has 1 atom stereocenters. The van der Waals surface area contributed by atoms with E-state index in [2.05, 4.69) is 0 Å². The summed E-state index contributed by atoms with van der Waals surface area (Å²) >= 11 is 0. The van der Waals surface area contributed by atoms with E-state index in [9.17, 15) is 18.0 Å². The lowest BCUT2D eigenvalue weighted by Crippen LogP contribution is -2.51. The maximum atomic E-state index is 13.6. The molecule has 1 N–H and O–H groups in total. The second-order valence-electron chi connectivity index (χ2n) is 8.52. The molecule has 1 aromatic carbocycles. The number of carboxylic acid groups (broad SMARTS) is 1. The normalized spacial score (nSPS) is 20.0. The Morgan fingerprint density at radius 3 is 2.21 bits per heavy atom. The molecule has 1 unspecified atom stereocenters. The van der Waals surface area contributed by atoms with Gasteiger partial charge in [-0.2, -0.15) is 4.31 Å². The van der Waals surface area contributed by atoms with Gasteiger partial charge in [-0.05, 0) is 49.9 Å². The van der Waals surface area contributed by atoms with E-state index in [1.54, 1.807) is 38.0 Å². The van der Waals surface area contributed by atoms with Crippen LogP contribution in [0.15, 0.2) is 17.0 Å². The second-order valence-corrected chi connectivity index (χ2v) is 10.3. The molecule has 2 saturated heterocycles. The summed E-state index contributed by atoms with van der Waals surface area (Å²) in [6.07, 6.45) is 1.35. The van der Waals surface area contributed by atoms with Crippen molar-refractivity contribution in [1.82, 2.24) is 14.1 Å². The third-order valence-electron chi connectivity index (χ3n) is 6.25. The first kappa shape index (κ1) is 25.3. The number of nitrogens with zero attached hydrogens (tertiary/aromatic N) is 3. The van der Waals surface area contributed by atoms with Gasteiger partial charge in [0.1, 0.15) is 12.4 Å². The highest BCUT2D eigenvalue weighted by atomic mass is 32.2. The van der Waals surface area contributed by atoms with Crippen LogP contribution >= 0.6 is 0 Å². The van der Waals surface area contributed by atoms with Crippen LogP contribution in [-0.4, -0.2) is 98.7 Å². The molecular formula is C22H33N3O7S. The highest BCUT2D eigenvalue weighted by Gasteiger charge is 2.36. The average Bonchev–Trinajstić information content (AvgIpc) is 2.78. The Morgan fingerprint density at radius 2 is 1.64 bits per heavy atom. The summed E-state index contributed by atoms with van der Waals surface area (Å²) < 4.78 is 39.6. The first-order valence-electron chi connectivity index (χ1n) is 11.2. The van der Waals surface area contributed by atoms with Crippen molar-refractivity contribution in [3.05, 3.63) is 23.3 Å². The van der Waals surface area contributed by atoms with Gasteiger partial charge in [-0.3, -0.25) is 4.79 Å². The Hall–Kier alpha value is -2.37. The Balaban J connectivity index is 1.63. The third kappa shape index (κ3) is 5.77. The van der Waals surface area contributed by atoms with E-state index in [-0.39, 0.29) is 38.3 Å². The number of hydrogen-bond donors (Lipinski definition) is 1. The van der Waals surface area contributed by atoms with Gasteiger partial charge in [0.25, 0.3) is 0 Å². The predicted octanol–water partition coefficient (Wildman–Crippen LogP) is 1.69. The zero-order chi connectivity index (χ0) is 24.2. The fourth-order valence-electron chi connectivity index (χ4n) is 4.53. The van der Waals surface area contributed by atoms with Crippen LogP contribution in [0.4, 0.5) is 4.79 Å². The van der Waals surface area contributed by atoms with Crippen molar-refractivity contribution in [2.24, 2.45) is 0 Å². The number of hydrogen-bond acceptors (Lipinski definition) is 6. The van der Waals surface area contributed by atoms with Crippen molar-refractivity contribution in [1.29, 1.82) is 0 Å². The van der Waals surface area contributed by atoms with Gasteiger partial charge in [0.05, 0.1) is 18.6 Å². The summed E-state index contributed by atoms with van der Waals surface area (Å²) in [6, 6.07) is 3.09. The number of sulfonamides is 1. The van der Waals surface area contributed by atoms with Gasteiger partial charge in [0.15, 0.2) is 0 Å². The van der Waals surface area contributed by atoms with Crippen molar-refractivity contribution < 1.29 is 32.6 Å². The molecule has 33 heavy (non-hydrogen) atoms. The Morgan fingerprint density at radius 1 is 1.03 bits per heavy atom. The molecule has 2 aliphatic heterocycles. The molecule has 2 heterocycles. The van der Waals surface area contributed by atoms with Crippen molar-refractivity contribution in [3.8, 4) is 5.75 Å². The molecule has 11 heteroatoms. The molecule has 10 nitrogen and oxygen atoms in total. The molecule has 2 amide bonds. The van der Waals surface area contributed by atoms with Crippen molar-refractivity contribution in [2.45, 2.75) is 44.0 Å². The molecule has 0 aromatic heterocycles. The number of rotatable bonds is 7. The lowest BCUT2D eigenvalue weighted by atomic mass is 10.1. The van der Waals surface area contributed by atoms with Gasteiger partial charge in [-0.25, -0.2) is 13.2 Å². The van der Waals surface area contributed by atoms with Crippen LogP contribution in [0.3, 0.4) is 0 Å². The van der Waals surface area contributed by atoms with Crippen molar-refractivity contribution >= 4 is 22.0 Å². The molecule has 0 aliphatic carbocycles. The zero-order valence-electron chi connectivity index (χ0n) is 19.4. The molecule has 3 rings (SSSR count). The standard InChI is InChI=1S/C22H33N3O7S/c1-16-12-19(31-3)13-17(2)21(16)33(29,30)25-7-5-4-6-18(25)14-32-15-20(26)23-8-10-24(11-9-23)22(27)28/h12-13,18H,4-11,14-15H2,1-3H3,(H,27,28). The number of aryl methyl sites for hydroxylation is 2. The van der Waals surface area contributed by atoms with Gasteiger partial charge < -0.3 is 24.4 Å². The summed E-state index contributed by atoms with van der Waals surface area (Å²) in [7, 11) is -2.19. The number of piperidine rings is 1. The Bertz CT molecular complexity index is 951. The molecule has 0 bridgehead atoms. The van der Waals surface area contributed by atoms with Gasteiger partial charge >= 0.3 is 6.09 Å². The van der Waals surface area contributed by atoms with Gasteiger partial charge in [0, 0.05) is 38.8 Å². The molecule has 2 aliphatic rings. The van der Waals surface area contributed by atoms with Crippen molar-refractivity contribution in [3.63, 3.8) is 0 Å². The molecule has 0 spiro atoms. The molecular weight excluding hydrogens is 450 g/mol. The fourth-order valence-corrected chi connectivity index (χ4v) is 6.62. The van der Waals surface area contributed by atoms with E-state index in [0.717, 1.165) is 12.8 Å². The summed E-state index contributed by atoms with van der Waals surface area (Å²) in [5.41, 5.74) is 1.26. The average molecular weight is 484 g/mol. The van der Waals surface area contributed by atoms with E-state index >= 15 is 0 Å². The predicted molar refractivity (Wildman–Crippen MR) is 121 cm³/mol. The number of methoxy groups -OCH3 is 1. The number of benzene rings is 1. The number of ether oxygens (including phenoxy) is 2. The van der Waals surface area contributed by atoms with Crippen LogP contribution in [0.1, 0.15) is 30.4 Å². The van der Waals surface area contributed by atoms with Gasteiger partial charge in [0.2, 0.25) is 15.9 Å². The molecule has 184 valence electrons. The van der Waals surface area contributed by atoms with E-state index in [1.165, 1.54) is 9.21 Å². The maximum Gasteiger partial charge on any atom is 0.407 e. The van der Waals surface area contributed by atoms with Crippen LogP contribution in [0, 0.1) is 13.8 Å². The largest absolute Gasteiger partial charge is 0.497 e. The summed E-state index contributed by atoms with van der Waals surface area (Å²) in [4.78, 5) is 26.6. The monoisotopic (exact) mass is 483 g/mol. The highest BCUT2D eigenvalue weighted by molar-refractivity contribution is 7.89. The topological polar surface area (TPSA) is 117 Å². The number of carbonyl (C=O) groups excluding carboxylic acids is 1. The summed E-state index contributed by atoms with van der Waals surface area (Å²) in [6.45, 7) is 5.12. The van der Waals surface area contributed by atoms with Gasteiger partial charge in [-0.15, -0.1) is 0 Å². The minimum atomic E-state index is -3.74. The van der Waals surface area contributed by atoms with Crippen LogP contribution in [0.2, 0.25) is 0 Å².